The van der Waals surface area contributed by atoms with Crippen molar-refractivity contribution >= 4 is 0 Å². The third-order valence-corrected chi connectivity index (χ3v) is 4.19. The van der Waals surface area contributed by atoms with Crippen LogP contribution in [0, 0.1) is 5.92 Å². The summed E-state index contributed by atoms with van der Waals surface area (Å²) in [5.74, 6) is 0.888. The quantitative estimate of drug-likeness (QED) is 0.321. The molecule has 0 aliphatic heterocycles. The summed E-state index contributed by atoms with van der Waals surface area (Å²) in [5.41, 5.74) is 0. The summed E-state index contributed by atoms with van der Waals surface area (Å²) < 4.78 is 0. The van der Waals surface area contributed by atoms with Gasteiger partial charge in [0.05, 0.1) is 0 Å². The van der Waals surface area contributed by atoms with E-state index in [1.807, 2.05) is 0 Å². The van der Waals surface area contributed by atoms with E-state index in [2.05, 4.69) is 13.8 Å². The molecule has 0 fully saturated rings. The van der Waals surface area contributed by atoms with Gasteiger partial charge in [0.25, 0.3) is 0 Å². The van der Waals surface area contributed by atoms with Crippen molar-refractivity contribution in [2.75, 3.05) is 6.61 Å². The SMILES string of the molecule is CC(C)CCCCCCCCCCCCCCCCO. The minimum Gasteiger partial charge on any atom is -0.396 e. The van der Waals surface area contributed by atoms with Crippen molar-refractivity contribution in [3.63, 3.8) is 0 Å². The molecule has 0 spiro atoms. The summed E-state index contributed by atoms with van der Waals surface area (Å²) in [4.78, 5) is 0. The van der Waals surface area contributed by atoms with Gasteiger partial charge in [-0.25, -0.2) is 0 Å². The van der Waals surface area contributed by atoms with Gasteiger partial charge in [0, 0.05) is 6.61 Å². The van der Waals surface area contributed by atoms with Crippen LogP contribution in [0.5, 0.6) is 0 Å². The monoisotopic (exact) mass is 284 g/mol. The Hall–Kier alpha value is -0.0400. The minimum atomic E-state index is 0.372. The average molecular weight is 285 g/mol. The van der Waals surface area contributed by atoms with E-state index in [1.54, 1.807) is 0 Å². The van der Waals surface area contributed by atoms with E-state index in [0.29, 0.717) is 6.61 Å². The van der Waals surface area contributed by atoms with Crippen LogP contribution in [-0.2, 0) is 0 Å². The molecular weight excluding hydrogens is 244 g/mol. The molecule has 0 saturated carbocycles. The molecule has 0 aliphatic carbocycles. The zero-order valence-corrected chi connectivity index (χ0v) is 14.3. The Balaban J connectivity index is 2.92. The van der Waals surface area contributed by atoms with E-state index in [9.17, 15) is 0 Å². The van der Waals surface area contributed by atoms with Crippen molar-refractivity contribution in [3.05, 3.63) is 0 Å². The lowest BCUT2D eigenvalue weighted by molar-refractivity contribution is 0.282. The van der Waals surface area contributed by atoms with Crippen molar-refractivity contribution in [3.8, 4) is 0 Å². The first kappa shape index (κ1) is 20.0. The second-order valence-corrected chi connectivity index (χ2v) is 6.86. The molecule has 1 nitrogen and oxygen atoms in total. The Bertz CT molecular complexity index is 165. The molecule has 1 N–H and O–H groups in total. The lowest BCUT2D eigenvalue weighted by Crippen LogP contribution is -1.87. The highest BCUT2D eigenvalue weighted by Crippen LogP contribution is 2.14. The van der Waals surface area contributed by atoms with E-state index in [1.165, 1.54) is 89.9 Å². The summed E-state index contributed by atoms with van der Waals surface area (Å²) in [7, 11) is 0. The molecule has 0 aromatic heterocycles. The zero-order chi connectivity index (χ0) is 14.9. The first-order valence-electron chi connectivity index (χ1n) is 9.38. The Morgan fingerprint density at radius 2 is 0.800 bits per heavy atom. The molecule has 0 bridgehead atoms. The summed E-state index contributed by atoms with van der Waals surface area (Å²) in [5, 5.41) is 8.68. The van der Waals surface area contributed by atoms with Crippen LogP contribution < -0.4 is 0 Å². The molecule has 0 saturated heterocycles. The Morgan fingerprint density at radius 3 is 1.10 bits per heavy atom. The van der Waals surface area contributed by atoms with Gasteiger partial charge in [-0.1, -0.05) is 104 Å². The second-order valence-electron chi connectivity index (χ2n) is 6.86. The first-order chi connectivity index (χ1) is 9.77. The third kappa shape index (κ3) is 18.0. The highest BCUT2D eigenvalue weighted by molar-refractivity contribution is 4.50. The van der Waals surface area contributed by atoms with Crippen molar-refractivity contribution in [1.82, 2.24) is 0 Å². The fourth-order valence-electron chi connectivity index (χ4n) is 2.79. The molecule has 0 amide bonds. The van der Waals surface area contributed by atoms with Gasteiger partial charge in [0.1, 0.15) is 0 Å². The Morgan fingerprint density at radius 1 is 0.500 bits per heavy atom. The topological polar surface area (TPSA) is 20.2 Å². The fourth-order valence-corrected chi connectivity index (χ4v) is 2.79. The van der Waals surface area contributed by atoms with Crippen LogP contribution in [0.4, 0.5) is 0 Å². The Labute approximate surface area is 128 Å². The highest BCUT2D eigenvalue weighted by Gasteiger charge is 1.95. The van der Waals surface area contributed by atoms with Gasteiger partial charge in [-0.05, 0) is 12.3 Å². The van der Waals surface area contributed by atoms with Gasteiger partial charge >= 0.3 is 0 Å². The van der Waals surface area contributed by atoms with Gasteiger partial charge in [-0.15, -0.1) is 0 Å². The summed E-state index contributed by atoms with van der Waals surface area (Å²) in [6, 6.07) is 0. The van der Waals surface area contributed by atoms with Crippen LogP contribution in [0.2, 0.25) is 0 Å². The van der Waals surface area contributed by atoms with Crippen LogP contribution in [0.15, 0.2) is 0 Å². The molecule has 20 heavy (non-hydrogen) atoms. The molecule has 1 heteroatoms. The number of rotatable bonds is 16. The average Bonchev–Trinajstić information content (AvgIpc) is 2.43. The molecule has 0 unspecified atom stereocenters. The fraction of sp³-hybridized carbons (Fsp3) is 1.00. The van der Waals surface area contributed by atoms with E-state index in [4.69, 9.17) is 5.11 Å². The predicted molar refractivity (Wildman–Crippen MR) is 91.2 cm³/mol. The van der Waals surface area contributed by atoms with Crippen molar-refractivity contribution < 1.29 is 5.11 Å². The molecule has 0 aromatic rings. The second kappa shape index (κ2) is 17.0. The van der Waals surface area contributed by atoms with Crippen molar-refractivity contribution in [2.24, 2.45) is 5.92 Å². The molecule has 122 valence electrons. The third-order valence-electron chi connectivity index (χ3n) is 4.19. The minimum absolute atomic E-state index is 0.372. The number of aliphatic hydroxyl groups is 1. The number of aliphatic hydroxyl groups excluding tert-OH is 1. The predicted octanol–water partition coefficient (Wildman–Crippen LogP) is 6.49. The van der Waals surface area contributed by atoms with E-state index >= 15 is 0 Å². The molecule has 0 radical (unpaired) electrons. The van der Waals surface area contributed by atoms with Crippen molar-refractivity contribution in [1.29, 1.82) is 0 Å². The summed E-state index contributed by atoms with van der Waals surface area (Å²) in [6.45, 7) is 5.02. The summed E-state index contributed by atoms with van der Waals surface area (Å²) >= 11 is 0. The number of unbranched alkanes of at least 4 members (excludes halogenated alkanes) is 13. The van der Waals surface area contributed by atoms with E-state index < -0.39 is 0 Å². The summed E-state index contributed by atoms with van der Waals surface area (Å²) in [6.07, 6.45) is 20.7. The molecule has 0 aromatic carbocycles. The molecule has 0 rings (SSSR count). The standard InChI is InChI=1S/C19H40O/c1-19(2)17-15-13-11-9-7-5-3-4-6-8-10-12-14-16-18-20/h19-20H,3-18H2,1-2H3. The van der Waals surface area contributed by atoms with E-state index in [-0.39, 0.29) is 0 Å². The maximum Gasteiger partial charge on any atom is 0.0431 e. The van der Waals surface area contributed by atoms with Crippen LogP contribution in [-0.4, -0.2) is 11.7 Å². The van der Waals surface area contributed by atoms with E-state index in [0.717, 1.165) is 12.3 Å². The maximum absolute atomic E-state index is 8.68. The van der Waals surface area contributed by atoms with Crippen molar-refractivity contribution in [2.45, 2.75) is 110 Å². The lowest BCUT2D eigenvalue weighted by atomic mass is 10.0. The molecular formula is C19H40O. The number of hydrogen-bond donors (Lipinski definition) is 1. The largest absolute Gasteiger partial charge is 0.396 e. The number of hydrogen-bond acceptors (Lipinski definition) is 1. The van der Waals surface area contributed by atoms with Gasteiger partial charge in [-0.2, -0.15) is 0 Å². The zero-order valence-electron chi connectivity index (χ0n) is 14.3. The van der Waals surface area contributed by atoms with Crippen LogP contribution in [0.25, 0.3) is 0 Å². The maximum atomic E-state index is 8.68. The Kier molecular flexibility index (Phi) is 17.0. The normalized spacial score (nSPS) is 11.4. The van der Waals surface area contributed by atoms with Crippen LogP contribution >= 0.6 is 0 Å². The van der Waals surface area contributed by atoms with Gasteiger partial charge < -0.3 is 5.11 Å². The van der Waals surface area contributed by atoms with Gasteiger partial charge in [-0.3, -0.25) is 0 Å². The molecule has 0 heterocycles. The molecule has 0 aliphatic rings. The van der Waals surface area contributed by atoms with Crippen LogP contribution in [0.1, 0.15) is 110 Å². The lowest BCUT2D eigenvalue weighted by Gasteiger charge is -2.04. The molecule has 0 atom stereocenters. The van der Waals surface area contributed by atoms with Gasteiger partial charge in [0.15, 0.2) is 0 Å². The smallest absolute Gasteiger partial charge is 0.0431 e. The highest BCUT2D eigenvalue weighted by atomic mass is 16.2. The van der Waals surface area contributed by atoms with Gasteiger partial charge in [0.2, 0.25) is 0 Å². The first-order valence-corrected chi connectivity index (χ1v) is 9.38. The van der Waals surface area contributed by atoms with Crippen LogP contribution in [0.3, 0.4) is 0 Å².